The second-order valence-electron chi connectivity index (χ2n) is 6.99. The molecule has 6 heteroatoms. The molecule has 0 aliphatic carbocycles. The number of hydrogen-bond acceptors (Lipinski definition) is 4. The summed E-state index contributed by atoms with van der Waals surface area (Å²) in [5.74, 6) is -0.375. The maximum atomic E-state index is 12.1. The summed E-state index contributed by atoms with van der Waals surface area (Å²) in [5, 5.41) is 12.7. The Bertz CT molecular complexity index is 807. The van der Waals surface area contributed by atoms with Crippen molar-refractivity contribution in [2.75, 3.05) is 26.9 Å². The summed E-state index contributed by atoms with van der Waals surface area (Å²) in [6, 6.07) is 17.8. The van der Waals surface area contributed by atoms with Crippen LogP contribution in [0.2, 0.25) is 0 Å². The van der Waals surface area contributed by atoms with Crippen LogP contribution in [0.3, 0.4) is 0 Å². The van der Waals surface area contributed by atoms with Crippen LogP contribution in [-0.4, -0.2) is 60.8 Å². The number of ether oxygens (including phenoxy) is 1. The van der Waals surface area contributed by atoms with E-state index < -0.39 is 0 Å². The predicted octanol–water partition coefficient (Wildman–Crippen LogP) is 1.79. The third-order valence-electron chi connectivity index (χ3n) is 5.28. The van der Waals surface area contributed by atoms with Crippen molar-refractivity contribution >= 4 is 11.8 Å². The van der Waals surface area contributed by atoms with Gasteiger partial charge in [-0.1, -0.05) is 54.6 Å². The zero-order valence-corrected chi connectivity index (χ0v) is 16.2. The number of nitrogens with one attached hydrogen (secondary N) is 1. The number of methoxy groups -OCH3 is 1. The first-order chi connectivity index (χ1) is 13.6. The molecule has 1 aliphatic rings. The lowest BCUT2D eigenvalue weighted by molar-refractivity contribution is -0.148. The molecule has 148 valence electrons. The largest absolute Gasteiger partial charge is 0.394 e. The van der Waals surface area contributed by atoms with E-state index in [1.165, 1.54) is 14.0 Å². The number of nitrogens with zero attached hydrogens (tertiary/aromatic N) is 1. The summed E-state index contributed by atoms with van der Waals surface area (Å²) in [6.07, 6.45) is 0. The van der Waals surface area contributed by atoms with Crippen LogP contribution in [0.1, 0.15) is 18.4 Å². The van der Waals surface area contributed by atoms with Crippen LogP contribution in [0, 0.1) is 0 Å². The minimum atomic E-state index is -0.288. The highest BCUT2D eigenvalue weighted by molar-refractivity contribution is 5.78. The predicted molar refractivity (Wildman–Crippen MR) is 107 cm³/mol. The lowest BCUT2D eigenvalue weighted by Gasteiger charge is -2.54. The van der Waals surface area contributed by atoms with Gasteiger partial charge in [-0.05, 0) is 16.7 Å². The Morgan fingerprint density at radius 3 is 2.25 bits per heavy atom. The molecule has 0 aromatic heterocycles. The van der Waals surface area contributed by atoms with Crippen molar-refractivity contribution in [3.63, 3.8) is 0 Å². The molecule has 0 unspecified atom stereocenters. The lowest BCUT2D eigenvalue weighted by atomic mass is 9.74. The van der Waals surface area contributed by atoms with Crippen molar-refractivity contribution in [3.8, 4) is 11.1 Å². The van der Waals surface area contributed by atoms with E-state index in [-0.39, 0.29) is 43.0 Å². The first-order valence-corrected chi connectivity index (χ1v) is 9.37. The molecule has 28 heavy (non-hydrogen) atoms. The molecule has 1 heterocycles. The Kier molecular flexibility index (Phi) is 6.44. The topological polar surface area (TPSA) is 78.9 Å². The van der Waals surface area contributed by atoms with Gasteiger partial charge < -0.3 is 20.1 Å². The maximum Gasteiger partial charge on any atom is 0.246 e. The summed E-state index contributed by atoms with van der Waals surface area (Å²) >= 11 is 0. The third kappa shape index (κ3) is 4.08. The number of hydrogen-bond donors (Lipinski definition) is 2. The van der Waals surface area contributed by atoms with E-state index in [9.17, 15) is 14.7 Å². The van der Waals surface area contributed by atoms with E-state index in [1.54, 1.807) is 4.90 Å². The van der Waals surface area contributed by atoms with E-state index in [0.29, 0.717) is 6.54 Å². The molecule has 3 atom stereocenters. The van der Waals surface area contributed by atoms with Gasteiger partial charge in [-0.15, -0.1) is 0 Å². The van der Waals surface area contributed by atoms with Crippen LogP contribution in [0.5, 0.6) is 0 Å². The van der Waals surface area contributed by atoms with E-state index in [1.807, 2.05) is 30.3 Å². The molecule has 0 saturated carbocycles. The Hall–Kier alpha value is -2.70. The highest BCUT2D eigenvalue weighted by Gasteiger charge is 2.49. The average Bonchev–Trinajstić information content (AvgIpc) is 2.68. The molecular weight excluding hydrogens is 356 g/mol. The fraction of sp³-hybridized carbons (Fsp3) is 0.364. The van der Waals surface area contributed by atoms with Crippen molar-refractivity contribution in [2.24, 2.45) is 0 Å². The molecule has 1 fully saturated rings. The van der Waals surface area contributed by atoms with E-state index >= 15 is 0 Å². The van der Waals surface area contributed by atoms with Gasteiger partial charge in [0.2, 0.25) is 11.8 Å². The molecule has 2 aromatic rings. The molecule has 1 aliphatic heterocycles. The number of likely N-dealkylation sites (tertiary alicyclic amines) is 1. The Labute approximate surface area is 165 Å². The number of aliphatic hydroxyl groups excluding tert-OH is 1. The van der Waals surface area contributed by atoms with Gasteiger partial charge in [0.15, 0.2) is 0 Å². The first-order valence-electron chi connectivity index (χ1n) is 9.37. The van der Waals surface area contributed by atoms with Gasteiger partial charge in [0.1, 0.15) is 6.61 Å². The summed E-state index contributed by atoms with van der Waals surface area (Å²) in [4.78, 5) is 25.5. The molecule has 0 bridgehead atoms. The first kappa shape index (κ1) is 20.0. The summed E-state index contributed by atoms with van der Waals surface area (Å²) < 4.78 is 4.84. The van der Waals surface area contributed by atoms with Gasteiger partial charge in [-0.25, -0.2) is 0 Å². The highest BCUT2D eigenvalue weighted by atomic mass is 16.5. The van der Waals surface area contributed by atoms with Crippen molar-refractivity contribution in [1.82, 2.24) is 10.2 Å². The molecule has 0 radical (unpaired) electrons. The molecule has 0 spiro atoms. The molecule has 2 amide bonds. The van der Waals surface area contributed by atoms with E-state index in [2.05, 4.69) is 29.6 Å². The van der Waals surface area contributed by atoms with Crippen molar-refractivity contribution in [2.45, 2.75) is 24.9 Å². The minimum absolute atomic E-state index is 0.0212. The summed E-state index contributed by atoms with van der Waals surface area (Å²) in [5.41, 5.74) is 3.29. The van der Waals surface area contributed by atoms with Crippen LogP contribution in [0.4, 0.5) is 0 Å². The Balaban J connectivity index is 1.80. The highest BCUT2D eigenvalue weighted by Crippen LogP contribution is 2.41. The minimum Gasteiger partial charge on any atom is -0.394 e. The number of carbonyl (C=O) groups is 2. The fourth-order valence-electron chi connectivity index (χ4n) is 4.01. The van der Waals surface area contributed by atoms with Crippen LogP contribution in [0.15, 0.2) is 54.6 Å². The molecule has 3 rings (SSSR count). The molecule has 2 N–H and O–H groups in total. The van der Waals surface area contributed by atoms with Crippen LogP contribution in [0.25, 0.3) is 11.1 Å². The van der Waals surface area contributed by atoms with Crippen molar-refractivity contribution in [1.29, 1.82) is 0 Å². The maximum absolute atomic E-state index is 12.1. The van der Waals surface area contributed by atoms with Gasteiger partial charge in [0.05, 0.1) is 18.7 Å². The van der Waals surface area contributed by atoms with Gasteiger partial charge in [0.25, 0.3) is 0 Å². The average molecular weight is 382 g/mol. The second kappa shape index (κ2) is 8.99. The van der Waals surface area contributed by atoms with Crippen LogP contribution >= 0.6 is 0 Å². The van der Waals surface area contributed by atoms with Crippen molar-refractivity contribution in [3.05, 3.63) is 60.2 Å². The second-order valence-corrected chi connectivity index (χ2v) is 6.99. The van der Waals surface area contributed by atoms with E-state index in [4.69, 9.17) is 4.74 Å². The SMILES string of the molecule is COCC(=O)NC[C@H]1[C@H](c2ccc(-c3ccccc3)cc2)[C@H](CO)N1C(C)=O. The number of rotatable bonds is 7. The lowest BCUT2D eigenvalue weighted by Crippen LogP contribution is -2.68. The Morgan fingerprint density at radius 2 is 1.68 bits per heavy atom. The molecular formula is C22H26N2O4. The monoisotopic (exact) mass is 382 g/mol. The third-order valence-corrected chi connectivity index (χ3v) is 5.28. The van der Waals surface area contributed by atoms with Gasteiger partial charge in [0, 0.05) is 26.5 Å². The Morgan fingerprint density at radius 1 is 1.04 bits per heavy atom. The quantitative estimate of drug-likeness (QED) is 0.765. The number of benzene rings is 2. The zero-order chi connectivity index (χ0) is 20.1. The zero-order valence-electron chi connectivity index (χ0n) is 16.2. The van der Waals surface area contributed by atoms with Gasteiger partial charge in [-0.3, -0.25) is 9.59 Å². The number of carbonyl (C=O) groups excluding carboxylic acids is 2. The van der Waals surface area contributed by atoms with Crippen molar-refractivity contribution < 1.29 is 19.4 Å². The van der Waals surface area contributed by atoms with Gasteiger partial charge in [-0.2, -0.15) is 0 Å². The molecule has 2 aromatic carbocycles. The fourth-order valence-corrected chi connectivity index (χ4v) is 4.01. The smallest absolute Gasteiger partial charge is 0.246 e. The summed E-state index contributed by atoms with van der Waals surface area (Å²) in [7, 11) is 1.46. The molecule has 6 nitrogen and oxygen atoms in total. The number of aliphatic hydroxyl groups is 1. The molecule has 1 saturated heterocycles. The normalized spacial score (nSPS) is 21.1. The van der Waals surface area contributed by atoms with E-state index in [0.717, 1.165) is 16.7 Å². The van der Waals surface area contributed by atoms with Crippen LogP contribution < -0.4 is 5.32 Å². The standard InChI is InChI=1S/C22H26N2O4/c1-15(26)24-19(12-23-21(27)14-28-2)22(20(24)13-25)18-10-8-17(9-11-18)16-6-4-3-5-7-16/h3-11,19-20,22,25H,12-14H2,1-2H3,(H,23,27)/t19-,20-,22-/m0/s1. The number of amides is 2. The van der Waals surface area contributed by atoms with Crippen LogP contribution in [-0.2, 0) is 14.3 Å². The van der Waals surface area contributed by atoms with Gasteiger partial charge >= 0.3 is 0 Å². The summed E-state index contributed by atoms with van der Waals surface area (Å²) in [6.45, 7) is 1.67.